The molecule has 0 aliphatic heterocycles. The van der Waals surface area contributed by atoms with E-state index in [1.165, 1.54) is 49.9 Å². The van der Waals surface area contributed by atoms with Crippen molar-refractivity contribution in [3.05, 3.63) is 237 Å². The van der Waals surface area contributed by atoms with E-state index in [0.29, 0.717) is 0 Å². The van der Waals surface area contributed by atoms with Crippen LogP contribution in [0.3, 0.4) is 0 Å². The molecular formula is C58H39NO. The van der Waals surface area contributed by atoms with Gasteiger partial charge < -0.3 is 9.32 Å². The zero-order valence-electron chi connectivity index (χ0n) is 32.9. The van der Waals surface area contributed by atoms with Gasteiger partial charge in [-0.15, -0.1) is 0 Å². The number of furan rings is 1. The molecule has 11 rings (SSSR count). The van der Waals surface area contributed by atoms with Gasteiger partial charge in [-0.2, -0.15) is 0 Å². The first-order valence-electron chi connectivity index (χ1n) is 20.5. The van der Waals surface area contributed by atoms with E-state index >= 15 is 0 Å². The van der Waals surface area contributed by atoms with Crippen LogP contribution in [0.15, 0.2) is 241 Å². The number of benzene rings is 10. The van der Waals surface area contributed by atoms with E-state index in [1.807, 2.05) is 0 Å². The number of hydrogen-bond acceptors (Lipinski definition) is 2. The fourth-order valence-electron chi connectivity index (χ4n) is 8.74. The third-order valence-electron chi connectivity index (χ3n) is 11.7. The van der Waals surface area contributed by atoms with Gasteiger partial charge in [-0.05, 0) is 97.9 Å². The summed E-state index contributed by atoms with van der Waals surface area (Å²) < 4.78 is 7.01. The second kappa shape index (κ2) is 15.1. The maximum atomic E-state index is 7.01. The first-order chi connectivity index (χ1) is 29.8. The molecule has 0 spiro atoms. The molecule has 0 bridgehead atoms. The maximum Gasteiger partial charge on any atom is 0.143 e. The standard InChI is InChI=1S/C58H39NO/c1-5-15-40(16-6-1)43-25-27-47(28-26-43)50-37-38-55-56(54-39-53(46-21-11-4-12-22-46)51-23-13-14-24-52(51)58(54)60-55)57(50)59(48-33-29-44(30-34-48)41-17-7-2-8-18-41)49-35-31-45(32-36-49)42-19-9-3-10-20-42/h1-39H. The molecule has 0 unspecified atom stereocenters. The van der Waals surface area contributed by atoms with Crippen molar-refractivity contribution in [1.82, 2.24) is 0 Å². The first-order valence-corrected chi connectivity index (χ1v) is 20.5. The Morgan fingerprint density at radius 1 is 0.283 bits per heavy atom. The topological polar surface area (TPSA) is 16.4 Å². The largest absolute Gasteiger partial charge is 0.455 e. The molecule has 60 heavy (non-hydrogen) atoms. The number of hydrogen-bond donors (Lipinski definition) is 0. The highest BCUT2D eigenvalue weighted by molar-refractivity contribution is 6.24. The summed E-state index contributed by atoms with van der Waals surface area (Å²) in [6.45, 7) is 0. The molecule has 0 saturated carbocycles. The normalized spacial score (nSPS) is 11.3. The minimum atomic E-state index is 0.840. The summed E-state index contributed by atoms with van der Waals surface area (Å²) in [7, 11) is 0. The molecule has 11 aromatic rings. The van der Waals surface area contributed by atoms with Gasteiger partial charge >= 0.3 is 0 Å². The van der Waals surface area contributed by atoms with Crippen molar-refractivity contribution < 1.29 is 4.42 Å². The van der Waals surface area contributed by atoms with Crippen LogP contribution in [0.4, 0.5) is 17.1 Å². The van der Waals surface area contributed by atoms with Crippen LogP contribution in [0.2, 0.25) is 0 Å². The van der Waals surface area contributed by atoms with Crippen molar-refractivity contribution in [1.29, 1.82) is 0 Å². The van der Waals surface area contributed by atoms with Gasteiger partial charge in [0, 0.05) is 27.7 Å². The molecule has 10 aromatic carbocycles. The van der Waals surface area contributed by atoms with Crippen molar-refractivity contribution >= 4 is 49.8 Å². The van der Waals surface area contributed by atoms with Crippen LogP contribution in [0.5, 0.6) is 0 Å². The van der Waals surface area contributed by atoms with E-state index in [9.17, 15) is 0 Å². The third kappa shape index (κ3) is 6.32. The monoisotopic (exact) mass is 765 g/mol. The van der Waals surface area contributed by atoms with Crippen LogP contribution in [0, 0.1) is 0 Å². The quantitative estimate of drug-likeness (QED) is 0.153. The molecule has 1 heterocycles. The lowest BCUT2D eigenvalue weighted by Crippen LogP contribution is -2.12. The summed E-state index contributed by atoms with van der Waals surface area (Å²) in [6, 6.07) is 84.8. The van der Waals surface area contributed by atoms with Crippen molar-refractivity contribution in [2.75, 3.05) is 4.90 Å². The SMILES string of the molecule is c1ccc(-c2ccc(-c3ccc4oc5c6ccccc6c(-c6ccccc6)cc5c4c3N(c3ccc(-c4ccccc4)cc3)c3ccc(-c4ccccc4)cc3)cc2)cc1. The Balaban J connectivity index is 1.21. The fraction of sp³-hybridized carbons (Fsp3) is 0. The average molecular weight is 766 g/mol. The van der Waals surface area contributed by atoms with Crippen molar-refractivity contribution in [3.63, 3.8) is 0 Å². The van der Waals surface area contributed by atoms with Gasteiger partial charge in [0.25, 0.3) is 0 Å². The third-order valence-corrected chi connectivity index (χ3v) is 11.7. The molecular weight excluding hydrogens is 727 g/mol. The Kier molecular flexibility index (Phi) is 8.87. The Hall–Kier alpha value is -7.94. The Morgan fingerprint density at radius 3 is 1.17 bits per heavy atom. The van der Waals surface area contributed by atoms with Crippen molar-refractivity contribution in [3.8, 4) is 55.6 Å². The second-order valence-electron chi connectivity index (χ2n) is 15.3. The van der Waals surface area contributed by atoms with E-state index in [0.717, 1.165) is 55.5 Å². The highest BCUT2D eigenvalue weighted by Gasteiger charge is 2.25. The van der Waals surface area contributed by atoms with Crippen LogP contribution in [-0.2, 0) is 0 Å². The lowest BCUT2D eigenvalue weighted by Gasteiger charge is -2.29. The van der Waals surface area contributed by atoms with Gasteiger partial charge in [0.05, 0.1) is 11.1 Å². The van der Waals surface area contributed by atoms with Crippen molar-refractivity contribution in [2.24, 2.45) is 0 Å². The number of fused-ring (bicyclic) bond motifs is 5. The van der Waals surface area contributed by atoms with E-state index in [2.05, 4.69) is 241 Å². The fourth-order valence-corrected chi connectivity index (χ4v) is 8.74. The Labute approximate surface area is 349 Å². The van der Waals surface area contributed by atoms with Gasteiger partial charge in [-0.25, -0.2) is 0 Å². The van der Waals surface area contributed by atoms with Crippen LogP contribution in [0.1, 0.15) is 0 Å². The number of rotatable bonds is 8. The molecule has 282 valence electrons. The van der Waals surface area contributed by atoms with Gasteiger partial charge in [0.1, 0.15) is 11.2 Å². The molecule has 0 aliphatic carbocycles. The molecule has 0 N–H and O–H groups in total. The summed E-state index contributed by atoms with van der Waals surface area (Å²) >= 11 is 0. The lowest BCUT2D eigenvalue weighted by atomic mass is 9.92. The first kappa shape index (κ1) is 35.2. The predicted molar refractivity (Wildman–Crippen MR) is 253 cm³/mol. The van der Waals surface area contributed by atoms with E-state index in [-0.39, 0.29) is 0 Å². The average Bonchev–Trinajstić information content (AvgIpc) is 3.72. The molecule has 0 amide bonds. The smallest absolute Gasteiger partial charge is 0.143 e. The van der Waals surface area contributed by atoms with Crippen LogP contribution < -0.4 is 4.90 Å². The Morgan fingerprint density at radius 2 is 0.667 bits per heavy atom. The van der Waals surface area contributed by atoms with Gasteiger partial charge in [-0.3, -0.25) is 0 Å². The molecule has 1 aromatic heterocycles. The molecule has 0 aliphatic rings. The van der Waals surface area contributed by atoms with Crippen molar-refractivity contribution in [2.45, 2.75) is 0 Å². The summed E-state index contributed by atoms with van der Waals surface area (Å²) in [5, 5.41) is 4.40. The lowest BCUT2D eigenvalue weighted by molar-refractivity contribution is 0.673. The zero-order valence-corrected chi connectivity index (χ0v) is 32.9. The summed E-state index contributed by atoms with van der Waals surface area (Å²) in [5.41, 5.74) is 16.6. The van der Waals surface area contributed by atoms with Crippen LogP contribution in [-0.4, -0.2) is 0 Å². The molecule has 2 nitrogen and oxygen atoms in total. The van der Waals surface area contributed by atoms with Gasteiger partial charge in [0.15, 0.2) is 0 Å². The van der Waals surface area contributed by atoms with Gasteiger partial charge in [-0.1, -0.05) is 194 Å². The van der Waals surface area contributed by atoms with Crippen LogP contribution >= 0.6 is 0 Å². The zero-order chi connectivity index (χ0) is 39.8. The molecule has 0 saturated heterocycles. The molecule has 0 atom stereocenters. The minimum absolute atomic E-state index is 0.840. The minimum Gasteiger partial charge on any atom is -0.455 e. The Bertz CT molecular complexity index is 3160. The molecule has 0 radical (unpaired) electrons. The summed E-state index contributed by atoms with van der Waals surface area (Å²) in [5.74, 6) is 0. The molecule has 0 fully saturated rings. The summed E-state index contributed by atoms with van der Waals surface area (Å²) in [6.07, 6.45) is 0. The van der Waals surface area contributed by atoms with E-state index < -0.39 is 0 Å². The number of nitrogens with zero attached hydrogens (tertiary/aromatic N) is 1. The highest BCUT2D eigenvalue weighted by atomic mass is 16.3. The van der Waals surface area contributed by atoms with E-state index in [4.69, 9.17) is 4.42 Å². The second-order valence-corrected chi connectivity index (χ2v) is 15.3. The highest BCUT2D eigenvalue weighted by Crippen LogP contribution is 2.50. The summed E-state index contributed by atoms with van der Waals surface area (Å²) in [4.78, 5) is 2.43. The van der Waals surface area contributed by atoms with Crippen LogP contribution in [0.25, 0.3) is 88.3 Å². The van der Waals surface area contributed by atoms with E-state index in [1.54, 1.807) is 0 Å². The van der Waals surface area contributed by atoms with Gasteiger partial charge in [0.2, 0.25) is 0 Å². The predicted octanol–water partition coefficient (Wildman–Crippen LogP) is 16.5. The maximum absolute atomic E-state index is 7.01. The number of anilines is 3. The molecule has 2 heteroatoms.